The first-order valence-electron chi connectivity index (χ1n) is 11.1. The average Bonchev–Trinajstić information content (AvgIpc) is 2.84. The number of ether oxygens (including phenoxy) is 1. The summed E-state index contributed by atoms with van der Waals surface area (Å²) in [5, 5.41) is 0. The van der Waals surface area contributed by atoms with Crippen molar-refractivity contribution in [2.24, 2.45) is 0 Å². The minimum atomic E-state index is -0.475. The van der Waals surface area contributed by atoms with Gasteiger partial charge in [-0.2, -0.15) is 0 Å². The molecule has 2 aliphatic heterocycles. The SMILES string of the molecule is Cc1c(N)cc(CN2CCN(C(=O)OC(C)(C)C)CC2)cc1B1OC(C)(C)C(C)(C)O1. The zero-order valence-electron chi connectivity index (χ0n) is 20.4. The number of benzene rings is 1. The van der Waals surface area contributed by atoms with E-state index >= 15 is 0 Å². The number of hydrogen-bond donors (Lipinski definition) is 1. The molecule has 1 aromatic rings. The van der Waals surface area contributed by atoms with E-state index in [2.05, 4.69) is 38.7 Å². The molecule has 3 rings (SSSR count). The van der Waals surface area contributed by atoms with Crippen molar-refractivity contribution in [1.29, 1.82) is 0 Å². The monoisotopic (exact) mass is 431 g/mol. The summed E-state index contributed by atoms with van der Waals surface area (Å²) in [6.45, 7) is 19.6. The van der Waals surface area contributed by atoms with Gasteiger partial charge < -0.3 is 24.7 Å². The summed E-state index contributed by atoms with van der Waals surface area (Å²) in [6.07, 6.45) is -0.241. The molecule has 2 fully saturated rings. The van der Waals surface area contributed by atoms with E-state index in [1.807, 2.05) is 33.8 Å². The number of nitrogen functional groups attached to an aromatic ring is 1. The molecule has 0 bridgehead atoms. The molecule has 0 unspecified atom stereocenters. The van der Waals surface area contributed by atoms with Gasteiger partial charge in [0.25, 0.3) is 0 Å². The van der Waals surface area contributed by atoms with Gasteiger partial charge in [0.2, 0.25) is 0 Å². The van der Waals surface area contributed by atoms with Crippen molar-refractivity contribution < 1.29 is 18.8 Å². The molecule has 2 aliphatic rings. The zero-order valence-corrected chi connectivity index (χ0v) is 20.4. The van der Waals surface area contributed by atoms with Crippen LogP contribution in [0.5, 0.6) is 0 Å². The maximum absolute atomic E-state index is 12.3. The summed E-state index contributed by atoms with van der Waals surface area (Å²) in [5.41, 5.74) is 8.94. The standard InChI is InChI=1S/C23H38BN3O4/c1-16-18(24-30-22(5,6)23(7,8)31-24)13-17(14-19(16)25)15-26-9-11-27(12-10-26)20(28)29-21(2,3)4/h13-14H,9-12,15,25H2,1-8H3. The first-order chi connectivity index (χ1) is 14.2. The van der Waals surface area contributed by atoms with Gasteiger partial charge in [0.1, 0.15) is 5.60 Å². The Morgan fingerprint density at radius 3 is 2.16 bits per heavy atom. The predicted octanol–water partition coefficient (Wildman–Crippen LogP) is 2.93. The van der Waals surface area contributed by atoms with Crippen molar-refractivity contribution in [2.75, 3.05) is 31.9 Å². The fraction of sp³-hybridized carbons (Fsp3) is 0.696. The van der Waals surface area contributed by atoms with Gasteiger partial charge in [0.15, 0.2) is 0 Å². The van der Waals surface area contributed by atoms with Gasteiger partial charge in [-0.25, -0.2) is 4.79 Å². The highest BCUT2D eigenvalue weighted by Crippen LogP contribution is 2.37. The van der Waals surface area contributed by atoms with Crippen LogP contribution in [0.4, 0.5) is 10.5 Å². The van der Waals surface area contributed by atoms with Crippen LogP contribution in [-0.2, 0) is 20.6 Å². The molecule has 0 radical (unpaired) electrons. The van der Waals surface area contributed by atoms with Gasteiger partial charge in [-0.1, -0.05) is 6.07 Å². The summed E-state index contributed by atoms with van der Waals surface area (Å²) in [7, 11) is -0.434. The third kappa shape index (κ3) is 5.36. The lowest BCUT2D eigenvalue weighted by Crippen LogP contribution is -2.49. The third-order valence-electron chi connectivity index (χ3n) is 6.49. The molecule has 0 aromatic heterocycles. The normalized spacial score (nSPS) is 21.4. The van der Waals surface area contributed by atoms with Crippen LogP contribution < -0.4 is 11.2 Å². The van der Waals surface area contributed by atoms with Crippen LogP contribution in [-0.4, -0.2) is 66.0 Å². The van der Waals surface area contributed by atoms with Gasteiger partial charge in [-0.05, 0) is 78.0 Å². The summed E-state index contributed by atoms with van der Waals surface area (Å²) in [6, 6.07) is 4.18. The number of rotatable bonds is 3. The van der Waals surface area contributed by atoms with Crippen LogP contribution in [0, 0.1) is 6.92 Å². The Bertz CT molecular complexity index is 811. The topological polar surface area (TPSA) is 77.3 Å². The summed E-state index contributed by atoms with van der Waals surface area (Å²) >= 11 is 0. The Kier molecular flexibility index (Phi) is 6.40. The Balaban J connectivity index is 1.67. The molecule has 0 saturated carbocycles. The molecule has 0 spiro atoms. The van der Waals surface area contributed by atoms with Crippen molar-refractivity contribution in [2.45, 2.75) is 78.7 Å². The predicted molar refractivity (Wildman–Crippen MR) is 124 cm³/mol. The lowest BCUT2D eigenvalue weighted by Gasteiger charge is -2.35. The van der Waals surface area contributed by atoms with Gasteiger partial charge in [0, 0.05) is 38.4 Å². The van der Waals surface area contributed by atoms with E-state index in [1.165, 1.54) is 0 Å². The van der Waals surface area contributed by atoms with Crippen molar-refractivity contribution in [1.82, 2.24) is 9.80 Å². The van der Waals surface area contributed by atoms with Crippen molar-refractivity contribution in [3.63, 3.8) is 0 Å². The Morgan fingerprint density at radius 2 is 1.65 bits per heavy atom. The molecule has 0 atom stereocenters. The lowest BCUT2D eigenvalue weighted by atomic mass is 9.75. The molecule has 7 nitrogen and oxygen atoms in total. The first kappa shape index (κ1) is 23.9. The van der Waals surface area contributed by atoms with Crippen LogP contribution >= 0.6 is 0 Å². The highest BCUT2D eigenvalue weighted by Gasteiger charge is 2.52. The largest absolute Gasteiger partial charge is 0.495 e. The molecule has 2 N–H and O–H groups in total. The molecule has 1 amide bonds. The number of hydrogen-bond acceptors (Lipinski definition) is 6. The second-order valence-corrected chi connectivity index (χ2v) is 10.7. The Morgan fingerprint density at radius 1 is 1.10 bits per heavy atom. The highest BCUT2D eigenvalue weighted by atomic mass is 16.7. The number of nitrogens with zero attached hydrogens (tertiary/aromatic N) is 2. The maximum Gasteiger partial charge on any atom is 0.495 e. The van der Waals surface area contributed by atoms with Crippen LogP contribution in [0.15, 0.2) is 12.1 Å². The van der Waals surface area contributed by atoms with Gasteiger partial charge in [0.05, 0.1) is 11.2 Å². The lowest BCUT2D eigenvalue weighted by molar-refractivity contribution is 0.00578. The fourth-order valence-electron chi connectivity index (χ4n) is 3.80. The molecular formula is C23H38BN3O4. The van der Waals surface area contributed by atoms with Gasteiger partial charge in [-0.3, -0.25) is 4.90 Å². The second kappa shape index (κ2) is 8.30. The second-order valence-electron chi connectivity index (χ2n) is 10.7. The summed E-state index contributed by atoms with van der Waals surface area (Å²) in [4.78, 5) is 16.4. The van der Waals surface area contributed by atoms with E-state index in [1.54, 1.807) is 4.90 Å². The third-order valence-corrected chi connectivity index (χ3v) is 6.49. The Hall–Kier alpha value is -1.77. The number of amides is 1. The quantitative estimate of drug-likeness (QED) is 0.586. The number of anilines is 1. The van der Waals surface area contributed by atoms with Crippen LogP contribution in [0.25, 0.3) is 0 Å². The molecule has 172 valence electrons. The van der Waals surface area contributed by atoms with Gasteiger partial charge in [-0.15, -0.1) is 0 Å². The van der Waals surface area contributed by atoms with Crippen LogP contribution in [0.2, 0.25) is 0 Å². The Labute approximate surface area is 187 Å². The van der Waals surface area contributed by atoms with E-state index in [0.717, 1.165) is 41.9 Å². The fourth-order valence-corrected chi connectivity index (χ4v) is 3.80. The molecular weight excluding hydrogens is 393 g/mol. The molecule has 8 heteroatoms. The minimum Gasteiger partial charge on any atom is -0.444 e. The van der Waals surface area contributed by atoms with E-state index < -0.39 is 23.9 Å². The summed E-state index contributed by atoms with van der Waals surface area (Å²) in [5.74, 6) is 0. The van der Waals surface area contributed by atoms with E-state index in [9.17, 15) is 4.79 Å². The van der Waals surface area contributed by atoms with E-state index in [-0.39, 0.29) is 6.09 Å². The molecule has 2 heterocycles. The van der Waals surface area contributed by atoms with Crippen LogP contribution in [0.3, 0.4) is 0 Å². The van der Waals surface area contributed by atoms with E-state index in [4.69, 9.17) is 19.8 Å². The van der Waals surface area contributed by atoms with Gasteiger partial charge >= 0.3 is 13.2 Å². The van der Waals surface area contributed by atoms with Crippen molar-refractivity contribution in [3.8, 4) is 0 Å². The number of carbonyl (C=O) groups is 1. The number of nitrogens with two attached hydrogens (primary N) is 1. The minimum absolute atomic E-state index is 0.241. The average molecular weight is 431 g/mol. The summed E-state index contributed by atoms with van der Waals surface area (Å²) < 4.78 is 18.0. The van der Waals surface area contributed by atoms with Crippen molar-refractivity contribution in [3.05, 3.63) is 23.3 Å². The maximum atomic E-state index is 12.3. The smallest absolute Gasteiger partial charge is 0.444 e. The highest BCUT2D eigenvalue weighted by molar-refractivity contribution is 6.62. The number of piperazine rings is 1. The van der Waals surface area contributed by atoms with Crippen LogP contribution in [0.1, 0.15) is 59.6 Å². The number of carbonyl (C=O) groups excluding carboxylic acids is 1. The first-order valence-corrected chi connectivity index (χ1v) is 11.1. The zero-order chi connectivity index (χ0) is 23.2. The van der Waals surface area contributed by atoms with Crippen molar-refractivity contribution >= 4 is 24.4 Å². The molecule has 1 aromatic carbocycles. The molecule has 2 saturated heterocycles. The molecule has 0 aliphatic carbocycles. The van der Waals surface area contributed by atoms with E-state index in [0.29, 0.717) is 13.1 Å². The molecule has 31 heavy (non-hydrogen) atoms.